The number of aliphatic imine (C=N–C) groups is 1. The molecule has 1 aliphatic heterocycles. The molecule has 4 atom stereocenters. The first-order chi connectivity index (χ1) is 13.3. The molecular formula is C24H33NO3. The molecule has 0 N–H and O–H groups in total. The van der Waals surface area contributed by atoms with Crippen LogP contribution in [0.1, 0.15) is 76.0 Å². The standard InChI is InChI=1S/C24H33NO3/c1-15(2)16-7-9-18-17(13-16)8-10-20-23(18,3)11-6-12-24(20,4)22-25-19(14-28-22)21(26)27-5/h7,9,13,15,19-20H,6,8,10-12,14H2,1-5H3/t19-,20+,23+,24+/m0/s1. The van der Waals surface area contributed by atoms with Gasteiger partial charge in [0.2, 0.25) is 0 Å². The lowest BCUT2D eigenvalue weighted by molar-refractivity contribution is -0.142. The molecule has 0 aromatic heterocycles. The summed E-state index contributed by atoms with van der Waals surface area (Å²) in [4.78, 5) is 16.6. The quantitative estimate of drug-likeness (QED) is 0.705. The van der Waals surface area contributed by atoms with Crippen LogP contribution in [0.4, 0.5) is 0 Å². The molecule has 28 heavy (non-hydrogen) atoms. The van der Waals surface area contributed by atoms with Crippen molar-refractivity contribution in [1.29, 1.82) is 0 Å². The molecule has 1 aromatic carbocycles. The number of hydrogen-bond donors (Lipinski definition) is 0. The summed E-state index contributed by atoms with van der Waals surface area (Å²) in [6.45, 7) is 9.59. The van der Waals surface area contributed by atoms with Crippen LogP contribution in [0.25, 0.3) is 0 Å². The zero-order chi connectivity index (χ0) is 20.1. The van der Waals surface area contributed by atoms with Gasteiger partial charge in [-0.1, -0.05) is 52.3 Å². The molecule has 2 aliphatic carbocycles. The molecule has 0 bridgehead atoms. The van der Waals surface area contributed by atoms with Gasteiger partial charge in [-0.25, -0.2) is 9.79 Å². The lowest BCUT2D eigenvalue weighted by atomic mass is 9.49. The van der Waals surface area contributed by atoms with Gasteiger partial charge in [0.15, 0.2) is 11.9 Å². The molecule has 0 amide bonds. The lowest BCUT2D eigenvalue weighted by Crippen LogP contribution is -2.52. The molecule has 3 aliphatic rings. The van der Waals surface area contributed by atoms with E-state index in [2.05, 4.69) is 50.9 Å². The summed E-state index contributed by atoms with van der Waals surface area (Å²) in [5, 5.41) is 0. The fourth-order valence-corrected chi connectivity index (χ4v) is 6.07. The normalized spacial score (nSPS) is 34.3. The number of esters is 1. The maximum Gasteiger partial charge on any atom is 0.334 e. The van der Waals surface area contributed by atoms with Gasteiger partial charge in [-0.2, -0.15) is 0 Å². The average Bonchev–Trinajstić information content (AvgIpc) is 3.18. The lowest BCUT2D eigenvalue weighted by Gasteiger charge is -2.54. The molecule has 152 valence electrons. The summed E-state index contributed by atoms with van der Waals surface area (Å²) in [6.07, 6.45) is 5.68. The fraction of sp³-hybridized carbons (Fsp3) is 0.667. The number of benzene rings is 1. The Kier molecular flexibility index (Phi) is 4.79. The molecule has 0 saturated heterocycles. The maximum absolute atomic E-state index is 11.9. The molecule has 0 radical (unpaired) electrons. The second kappa shape index (κ2) is 6.89. The highest BCUT2D eigenvalue weighted by molar-refractivity contribution is 5.89. The highest BCUT2D eigenvalue weighted by Gasteiger charge is 2.55. The summed E-state index contributed by atoms with van der Waals surface area (Å²) in [6, 6.07) is 6.64. The Labute approximate surface area is 168 Å². The zero-order valence-electron chi connectivity index (χ0n) is 17.9. The third kappa shape index (κ3) is 2.87. The van der Waals surface area contributed by atoms with Crippen LogP contribution in [0.15, 0.2) is 23.2 Å². The molecule has 4 nitrogen and oxygen atoms in total. The van der Waals surface area contributed by atoms with Crippen molar-refractivity contribution in [2.75, 3.05) is 13.7 Å². The van der Waals surface area contributed by atoms with Crippen molar-refractivity contribution in [2.24, 2.45) is 16.3 Å². The van der Waals surface area contributed by atoms with Gasteiger partial charge < -0.3 is 9.47 Å². The van der Waals surface area contributed by atoms with Gasteiger partial charge in [-0.3, -0.25) is 0 Å². The van der Waals surface area contributed by atoms with Crippen molar-refractivity contribution in [3.8, 4) is 0 Å². The van der Waals surface area contributed by atoms with Crippen LogP contribution in [0.3, 0.4) is 0 Å². The van der Waals surface area contributed by atoms with Gasteiger partial charge in [-0.05, 0) is 59.6 Å². The molecular weight excluding hydrogens is 350 g/mol. The van der Waals surface area contributed by atoms with Crippen molar-refractivity contribution >= 4 is 11.9 Å². The van der Waals surface area contributed by atoms with Gasteiger partial charge in [0.1, 0.15) is 6.61 Å². The summed E-state index contributed by atoms with van der Waals surface area (Å²) >= 11 is 0. The predicted octanol–water partition coefficient (Wildman–Crippen LogP) is 4.79. The van der Waals surface area contributed by atoms with E-state index in [9.17, 15) is 4.79 Å². The molecule has 1 aromatic rings. The van der Waals surface area contributed by atoms with Crippen molar-refractivity contribution in [1.82, 2.24) is 0 Å². The summed E-state index contributed by atoms with van der Waals surface area (Å²) in [7, 11) is 1.42. The largest absolute Gasteiger partial charge is 0.478 e. The molecule has 0 spiro atoms. The average molecular weight is 384 g/mol. The van der Waals surface area contributed by atoms with Crippen LogP contribution in [-0.2, 0) is 26.1 Å². The Hall–Kier alpha value is -1.84. The van der Waals surface area contributed by atoms with E-state index in [4.69, 9.17) is 9.47 Å². The Morgan fingerprint density at radius 2 is 2.00 bits per heavy atom. The minimum atomic E-state index is -0.505. The topological polar surface area (TPSA) is 47.9 Å². The number of carbonyl (C=O) groups excluding carboxylic acids is 1. The van der Waals surface area contributed by atoms with Crippen LogP contribution >= 0.6 is 0 Å². The number of aryl methyl sites for hydroxylation is 1. The Morgan fingerprint density at radius 1 is 1.25 bits per heavy atom. The zero-order valence-corrected chi connectivity index (χ0v) is 17.9. The summed E-state index contributed by atoms with van der Waals surface area (Å²) in [5.74, 6) is 1.51. The number of carbonyl (C=O) groups is 1. The monoisotopic (exact) mass is 383 g/mol. The summed E-state index contributed by atoms with van der Waals surface area (Å²) in [5.41, 5.74) is 4.48. The van der Waals surface area contributed by atoms with Gasteiger partial charge in [-0.15, -0.1) is 0 Å². The SMILES string of the molecule is COC(=O)[C@@H]1COC([C@]2(C)CCC[C@]3(C)c4ccc(C(C)C)cc4CC[C@@H]23)=N1. The highest BCUT2D eigenvalue weighted by atomic mass is 16.5. The minimum absolute atomic E-state index is 0.121. The predicted molar refractivity (Wildman–Crippen MR) is 111 cm³/mol. The number of fused-ring (bicyclic) bond motifs is 3. The smallest absolute Gasteiger partial charge is 0.334 e. The first-order valence-electron chi connectivity index (χ1n) is 10.7. The number of methoxy groups -OCH3 is 1. The van der Waals surface area contributed by atoms with Crippen LogP contribution in [-0.4, -0.2) is 31.6 Å². The van der Waals surface area contributed by atoms with Crippen LogP contribution in [0.5, 0.6) is 0 Å². The van der Waals surface area contributed by atoms with Crippen LogP contribution in [0.2, 0.25) is 0 Å². The van der Waals surface area contributed by atoms with Crippen molar-refractivity contribution in [3.63, 3.8) is 0 Å². The Morgan fingerprint density at radius 3 is 2.71 bits per heavy atom. The van der Waals surface area contributed by atoms with E-state index in [0.717, 1.165) is 31.6 Å². The number of hydrogen-bond acceptors (Lipinski definition) is 4. The molecule has 1 heterocycles. The van der Waals surface area contributed by atoms with Gasteiger partial charge in [0.25, 0.3) is 0 Å². The van der Waals surface area contributed by atoms with E-state index >= 15 is 0 Å². The summed E-state index contributed by atoms with van der Waals surface area (Å²) < 4.78 is 10.9. The van der Waals surface area contributed by atoms with E-state index in [0.29, 0.717) is 18.4 Å². The van der Waals surface area contributed by atoms with Gasteiger partial charge in [0, 0.05) is 5.41 Å². The third-order valence-electron chi connectivity index (χ3n) is 7.66. The third-order valence-corrected chi connectivity index (χ3v) is 7.66. The molecule has 4 rings (SSSR count). The van der Waals surface area contributed by atoms with Crippen LogP contribution < -0.4 is 0 Å². The minimum Gasteiger partial charge on any atom is -0.478 e. The molecule has 1 saturated carbocycles. The van der Waals surface area contributed by atoms with E-state index in [-0.39, 0.29) is 16.8 Å². The van der Waals surface area contributed by atoms with E-state index in [1.165, 1.54) is 30.2 Å². The number of nitrogens with zero attached hydrogens (tertiary/aromatic N) is 1. The highest BCUT2D eigenvalue weighted by Crippen LogP contribution is 2.58. The molecule has 4 heteroatoms. The van der Waals surface area contributed by atoms with E-state index < -0.39 is 6.04 Å². The fourth-order valence-electron chi connectivity index (χ4n) is 6.07. The Balaban J connectivity index is 1.70. The first kappa shape index (κ1) is 19.5. The van der Waals surface area contributed by atoms with Gasteiger partial charge >= 0.3 is 5.97 Å². The van der Waals surface area contributed by atoms with Crippen molar-refractivity contribution in [3.05, 3.63) is 34.9 Å². The van der Waals surface area contributed by atoms with E-state index in [1.807, 2.05) is 0 Å². The Bertz CT molecular complexity index is 814. The van der Waals surface area contributed by atoms with Crippen LogP contribution in [0, 0.1) is 11.3 Å². The first-order valence-corrected chi connectivity index (χ1v) is 10.7. The number of ether oxygens (including phenoxy) is 2. The molecule has 1 fully saturated rings. The van der Waals surface area contributed by atoms with E-state index in [1.54, 1.807) is 0 Å². The molecule has 0 unspecified atom stereocenters. The second-order valence-corrected chi connectivity index (χ2v) is 9.64. The van der Waals surface area contributed by atoms with Gasteiger partial charge in [0.05, 0.1) is 7.11 Å². The van der Waals surface area contributed by atoms with Crippen molar-refractivity contribution in [2.45, 2.75) is 77.2 Å². The maximum atomic E-state index is 11.9. The van der Waals surface area contributed by atoms with Crippen molar-refractivity contribution < 1.29 is 14.3 Å². The number of rotatable bonds is 3. The second-order valence-electron chi connectivity index (χ2n) is 9.64.